The lowest BCUT2D eigenvalue weighted by molar-refractivity contribution is -0.136. The minimum Gasteiger partial charge on any atom is -0.333 e. The van der Waals surface area contributed by atoms with Gasteiger partial charge in [0, 0.05) is 0 Å². The summed E-state index contributed by atoms with van der Waals surface area (Å²) in [7, 11) is 0. The van der Waals surface area contributed by atoms with Crippen LogP contribution in [0.5, 0.6) is 0 Å². The van der Waals surface area contributed by atoms with Crippen LogP contribution in [0.2, 0.25) is 0 Å². The average Bonchev–Trinajstić information content (AvgIpc) is 3.15. The van der Waals surface area contributed by atoms with E-state index < -0.39 is 17.8 Å². The minimum atomic E-state index is -4.57. The van der Waals surface area contributed by atoms with Crippen molar-refractivity contribution in [1.29, 1.82) is 0 Å². The van der Waals surface area contributed by atoms with E-state index in [-0.39, 0.29) is 11.6 Å². The Balaban J connectivity index is 1.78. The standard InChI is InChI=1S/C15H11F3N4O2S/c1-8-19-13(24-22-8)12-11(6-7-25-12)21-14(23)20-10-5-3-2-4-9(10)15(16,17)18/h2-7H,1H3,(H2,20,21,23). The lowest BCUT2D eigenvalue weighted by atomic mass is 10.1. The molecule has 0 bridgehead atoms. The summed E-state index contributed by atoms with van der Waals surface area (Å²) in [6, 6.07) is 5.51. The third-order valence-electron chi connectivity index (χ3n) is 3.12. The Hall–Kier alpha value is -2.88. The molecule has 0 aliphatic rings. The predicted octanol–water partition coefficient (Wildman–Crippen LogP) is 4.77. The van der Waals surface area contributed by atoms with Gasteiger partial charge in [-0.2, -0.15) is 18.2 Å². The maximum Gasteiger partial charge on any atom is 0.418 e. The van der Waals surface area contributed by atoms with Gasteiger partial charge in [-0.1, -0.05) is 17.3 Å². The number of hydrogen-bond donors (Lipinski definition) is 2. The first-order valence-corrected chi connectivity index (χ1v) is 7.85. The quantitative estimate of drug-likeness (QED) is 0.698. The zero-order chi connectivity index (χ0) is 18.0. The SMILES string of the molecule is Cc1noc(-c2sccc2NC(=O)Nc2ccccc2C(F)(F)F)n1. The highest BCUT2D eigenvalue weighted by Gasteiger charge is 2.33. The van der Waals surface area contributed by atoms with Crippen molar-refractivity contribution < 1.29 is 22.5 Å². The molecule has 3 aromatic rings. The molecule has 130 valence electrons. The number of para-hydroxylation sites is 1. The van der Waals surface area contributed by atoms with Gasteiger partial charge in [-0.15, -0.1) is 11.3 Å². The number of hydrogen-bond acceptors (Lipinski definition) is 5. The molecule has 0 radical (unpaired) electrons. The highest BCUT2D eigenvalue weighted by molar-refractivity contribution is 7.14. The molecule has 1 aromatic carbocycles. The number of thiophene rings is 1. The normalized spacial score (nSPS) is 11.4. The van der Waals surface area contributed by atoms with Crippen LogP contribution in [0.25, 0.3) is 10.8 Å². The van der Waals surface area contributed by atoms with Crippen LogP contribution in [0.15, 0.2) is 40.2 Å². The van der Waals surface area contributed by atoms with Crippen molar-refractivity contribution in [2.75, 3.05) is 10.6 Å². The molecule has 2 amide bonds. The van der Waals surface area contributed by atoms with Crippen molar-refractivity contribution in [3.05, 3.63) is 47.1 Å². The number of anilines is 2. The van der Waals surface area contributed by atoms with Gasteiger partial charge in [0.15, 0.2) is 5.82 Å². The van der Waals surface area contributed by atoms with E-state index in [1.807, 2.05) is 0 Å². The minimum absolute atomic E-state index is 0.221. The molecular weight excluding hydrogens is 357 g/mol. The molecule has 0 atom stereocenters. The monoisotopic (exact) mass is 368 g/mol. The first-order chi connectivity index (χ1) is 11.8. The second kappa shape index (κ2) is 6.55. The summed E-state index contributed by atoms with van der Waals surface area (Å²) in [5, 5.41) is 10.1. The fourth-order valence-corrected chi connectivity index (χ4v) is 2.85. The molecule has 0 saturated heterocycles. The van der Waals surface area contributed by atoms with Crippen LogP contribution in [0.4, 0.5) is 29.3 Å². The molecule has 0 fully saturated rings. The van der Waals surface area contributed by atoms with Crippen molar-refractivity contribution in [1.82, 2.24) is 10.1 Å². The average molecular weight is 368 g/mol. The molecule has 0 unspecified atom stereocenters. The molecule has 25 heavy (non-hydrogen) atoms. The number of rotatable bonds is 3. The van der Waals surface area contributed by atoms with Crippen molar-refractivity contribution in [3.8, 4) is 10.8 Å². The maximum atomic E-state index is 13.0. The zero-order valence-electron chi connectivity index (χ0n) is 12.7. The van der Waals surface area contributed by atoms with E-state index in [9.17, 15) is 18.0 Å². The van der Waals surface area contributed by atoms with Gasteiger partial charge in [0.2, 0.25) is 0 Å². The van der Waals surface area contributed by atoms with E-state index >= 15 is 0 Å². The molecule has 0 spiro atoms. The number of amides is 2. The summed E-state index contributed by atoms with van der Waals surface area (Å²) in [5.41, 5.74) is -0.906. The number of halogens is 3. The van der Waals surface area contributed by atoms with Gasteiger partial charge in [-0.05, 0) is 30.5 Å². The summed E-state index contributed by atoms with van der Waals surface area (Å²) in [4.78, 5) is 16.7. The van der Waals surface area contributed by atoms with E-state index in [1.54, 1.807) is 18.4 Å². The number of carbonyl (C=O) groups is 1. The third-order valence-corrected chi connectivity index (χ3v) is 4.02. The lowest BCUT2D eigenvalue weighted by Crippen LogP contribution is -2.21. The van der Waals surface area contributed by atoms with Gasteiger partial charge in [0.1, 0.15) is 4.88 Å². The Bertz CT molecular complexity index is 904. The number of alkyl halides is 3. The van der Waals surface area contributed by atoms with Crippen molar-refractivity contribution in [2.24, 2.45) is 0 Å². The molecule has 0 aliphatic heterocycles. The van der Waals surface area contributed by atoms with Crippen LogP contribution in [0.3, 0.4) is 0 Å². The number of nitrogens with zero attached hydrogens (tertiary/aromatic N) is 2. The van der Waals surface area contributed by atoms with Gasteiger partial charge in [-0.25, -0.2) is 4.79 Å². The Labute approximate surface area is 143 Å². The second-order valence-corrected chi connectivity index (χ2v) is 5.85. The number of benzene rings is 1. The first kappa shape index (κ1) is 17.0. The number of aromatic nitrogens is 2. The molecule has 10 heteroatoms. The lowest BCUT2D eigenvalue weighted by Gasteiger charge is -2.13. The molecule has 6 nitrogen and oxygen atoms in total. The number of carbonyl (C=O) groups excluding carboxylic acids is 1. The predicted molar refractivity (Wildman–Crippen MR) is 86.4 cm³/mol. The summed E-state index contributed by atoms with van der Waals surface area (Å²) in [6.07, 6.45) is -4.57. The van der Waals surface area contributed by atoms with Crippen LogP contribution in [0, 0.1) is 6.92 Å². The molecule has 2 N–H and O–H groups in total. The fraction of sp³-hybridized carbons (Fsp3) is 0.133. The Kier molecular flexibility index (Phi) is 4.45. The van der Waals surface area contributed by atoms with Crippen molar-refractivity contribution >= 4 is 28.7 Å². The van der Waals surface area contributed by atoms with Gasteiger partial charge >= 0.3 is 12.2 Å². The summed E-state index contributed by atoms with van der Waals surface area (Å²) >= 11 is 1.25. The molecule has 2 heterocycles. The van der Waals surface area contributed by atoms with E-state index in [0.29, 0.717) is 16.4 Å². The van der Waals surface area contributed by atoms with E-state index in [4.69, 9.17) is 4.52 Å². The summed E-state index contributed by atoms with van der Waals surface area (Å²) in [6.45, 7) is 1.65. The smallest absolute Gasteiger partial charge is 0.333 e. The molecule has 3 rings (SSSR count). The Morgan fingerprint density at radius 2 is 1.88 bits per heavy atom. The van der Waals surface area contributed by atoms with Gasteiger partial charge < -0.3 is 15.2 Å². The van der Waals surface area contributed by atoms with E-state index in [0.717, 1.165) is 6.07 Å². The topological polar surface area (TPSA) is 80.0 Å². The van der Waals surface area contributed by atoms with Crippen LogP contribution in [-0.2, 0) is 6.18 Å². The van der Waals surface area contributed by atoms with E-state index in [1.165, 1.54) is 29.5 Å². The van der Waals surface area contributed by atoms with Crippen molar-refractivity contribution in [2.45, 2.75) is 13.1 Å². The maximum absolute atomic E-state index is 13.0. The van der Waals surface area contributed by atoms with Gasteiger partial charge in [-0.3, -0.25) is 0 Å². The van der Waals surface area contributed by atoms with Gasteiger partial charge in [0.05, 0.1) is 16.9 Å². The number of urea groups is 1. The fourth-order valence-electron chi connectivity index (χ4n) is 2.08. The van der Waals surface area contributed by atoms with Crippen molar-refractivity contribution in [3.63, 3.8) is 0 Å². The van der Waals surface area contributed by atoms with E-state index in [2.05, 4.69) is 20.8 Å². The molecule has 0 aliphatic carbocycles. The first-order valence-electron chi connectivity index (χ1n) is 6.97. The molecule has 2 aromatic heterocycles. The second-order valence-electron chi connectivity index (χ2n) is 4.93. The summed E-state index contributed by atoms with van der Waals surface area (Å²) < 4.78 is 43.9. The highest BCUT2D eigenvalue weighted by atomic mass is 32.1. The van der Waals surface area contributed by atoms with Crippen LogP contribution in [-0.4, -0.2) is 16.2 Å². The molecular formula is C15H11F3N4O2S. The number of aryl methyl sites for hydroxylation is 1. The highest BCUT2D eigenvalue weighted by Crippen LogP contribution is 2.35. The molecule has 0 saturated carbocycles. The summed E-state index contributed by atoms with van der Waals surface area (Å²) in [5.74, 6) is 0.649. The Morgan fingerprint density at radius 1 is 1.16 bits per heavy atom. The van der Waals surface area contributed by atoms with Gasteiger partial charge in [0.25, 0.3) is 5.89 Å². The Morgan fingerprint density at radius 3 is 2.56 bits per heavy atom. The number of nitrogens with one attached hydrogen (secondary N) is 2. The zero-order valence-corrected chi connectivity index (χ0v) is 13.5. The van der Waals surface area contributed by atoms with Crippen LogP contribution < -0.4 is 10.6 Å². The largest absolute Gasteiger partial charge is 0.418 e. The van der Waals surface area contributed by atoms with Crippen LogP contribution >= 0.6 is 11.3 Å². The third kappa shape index (κ3) is 3.79. The van der Waals surface area contributed by atoms with Crippen LogP contribution in [0.1, 0.15) is 11.4 Å².